The molecule has 1 unspecified atom stereocenters. The van der Waals surface area contributed by atoms with Gasteiger partial charge in [0.25, 0.3) is 5.56 Å². The van der Waals surface area contributed by atoms with Crippen LogP contribution in [0.3, 0.4) is 0 Å². The smallest absolute Gasteiger partial charge is 0.256 e. The minimum Gasteiger partial charge on any atom is -0.493 e. The fraction of sp³-hybridized carbons (Fsp3) is 0.321. The molecule has 0 bridgehead atoms. The number of rotatable bonds is 4. The molecule has 3 heterocycles. The van der Waals surface area contributed by atoms with Crippen LogP contribution >= 0.6 is 0 Å². The maximum Gasteiger partial charge on any atom is 0.256 e. The van der Waals surface area contributed by atoms with Gasteiger partial charge < -0.3 is 24.3 Å². The van der Waals surface area contributed by atoms with Crippen LogP contribution in [0.4, 0.5) is 5.69 Å². The van der Waals surface area contributed by atoms with Crippen molar-refractivity contribution in [3.63, 3.8) is 0 Å². The van der Waals surface area contributed by atoms with Crippen LogP contribution in [-0.4, -0.2) is 41.0 Å². The average molecular weight is 487 g/mol. The molecule has 36 heavy (non-hydrogen) atoms. The highest BCUT2D eigenvalue weighted by atomic mass is 16.5. The number of ether oxygens (including phenoxy) is 2. The van der Waals surface area contributed by atoms with Crippen molar-refractivity contribution >= 4 is 17.2 Å². The number of aromatic nitrogens is 2. The summed E-state index contributed by atoms with van der Waals surface area (Å²) in [6, 6.07) is 12.2. The summed E-state index contributed by atoms with van der Waals surface area (Å²) < 4.78 is 11.1. The molecule has 0 fully saturated rings. The van der Waals surface area contributed by atoms with E-state index in [1.165, 1.54) is 0 Å². The first-order valence-corrected chi connectivity index (χ1v) is 12.0. The minimum atomic E-state index is -0.0698. The Morgan fingerprint density at radius 1 is 1.08 bits per heavy atom. The number of methoxy groups -OCH3 is 2. The number of fused-ring (bicyclic) bond motifs is 2. The first-order valence-electron chi connectivity index (χ1n) is 12.0. The Kier molecular flexibility index (Phi) is 6.04. The van der Waals surface area contributed by atoms with Crippen LogP contribution in [0.15, 0.2) is 47.4 Å². The number of benzene rings is 2. The van der Waals surface area contributed by atoms with Gasteiger partial charge in [0.1, 0.15) is 5.82 Å². The molecule has 1 N–H and O–H groups in total. The Labute approximate surface area is 210 Å². The van der Waals surface area contributed by atoms with Crippen LogP contribution in [0.5, 0.6) is 11.5 Å². The fourth-order valence-corrected chi connectivity index (χ4v) is 5.15. The molecule has 0 saturated heterocycles. The predicted molar refractivity (Wildman–Crippen MR) is 138 cm³/mol. The SMILES string of the molecule is COc1cc2c(cc1OC)C(c1ccc(N3Cc4nc(C)[nH]c(=O)c4C3)cc1)=CN(C(C)=O)C(C)C2. The zero-order valence-electron chi connectivity index (χ0n) is 21.2. The van der Waals surface area contributed by atoms with E-state index >= 15 is 0 Å². The quantitative estimate of drug-likeness (QED) is 0.604. The number of hydrogen-bond acceptors (Lipinski definition) is 6. The number of aromatic amines is 1. The number of aryl methyl sites for hydroxylation is 1. The van der Waals surface area contributed by atoms with E-state index in [1.807, 2.05) is 25.3 Å². The van der Waals surface area contributed by atoms with Crippen molar-refractivity contribution in [2.24, 2.45) is 0 Å². The average Bonchev–Trinajstić information content (AvgIpc) is 3.22. The van der Waals surface area contributed by atoms with Crippen LogP contribution in [0.1, 0.15) is 47.6 Å². The van der Waals surface area contributed by atoms with E-state index in [2.05, 4.69) is 39.1 Å². The topological polar surface area (TPSA) is 87.8 Å². The highest BCUT2D eigenvalue weighted by Crippen LogP contribution is 2.39. The van der Waals surface area contributed by atoms with Crippen LogP contribution in [0.2, 0.25) is 0 Å². The maximum absolute atomic E-state index is 12.5. The molecule has 3 aromatic rings. The van der Waals surface area contributed by atoms with Crippen molar-refractivity contribution in [3.05, 3.63) is 86.7 Å². The molecule has 0 saturated carbocycles. The van der Waals surface area contributed by atoms with Gasteiger partial charge in [-0.25, -0.2) is 4.98 Å². The minimum absolute atomic E-state index is 0.00623. The number of carbonyl (C=O) groups is 1. The summed E-state index contributed by atoms with van der Waals surface area (Å²) >= 11 is 0. The second-order valence-corrected chi connectivity index (χ2v) is 9.37. The van der Waals surface area contributed by atoms with E-state index in [9.17, 15) is 9.59 Å². The Bertz CT molecular complexity index is 1420. The first-order chi connectivity index (χ1) is 17.3. The van der Waals surface area contributed by atoms with Crippen LogP contribution in [0.25, 0.3) is 5.57 Å². The number of nitrogens with one attached hydrogen (secondary N) is 1. The third-order valence-corrected chi connectivity index (χ3v) is 6.97. The van der Waals surface area contributed by atoms with Gasteiger partial charge in [0.2, 0.25) is 5.91 Å². The van der Waals surface area contributed by atoms with E-state index in [0.29, 0.717) is 36.8 Å². The summed E-state index contributed by atoms with van der Waals surface area (Å²) in [5.74, 6) is 1.94. The number of H-pyrrole nitrogens is 1. The number of amides is 1. The van der Waals surface area contributed by atoms with Crippen molar-refractivity contribution in [2.45, 2.75) is 46.3 Å². The molecule has 1 aromatic heterocycles. The lowest BCUT2D eigenvalue weighted by Gasteiger charge is -2.23. The third-order valence-electron chi connectivity index (χ3n) is 6.97. The molecule has 8 heteroatoms. The van der Waals surface area contributed by atoms with Gasteiger partial charge in [-0.3, -0.25) is 9.59 Å². The van der Waals surface area contributed by atoms with Gasteiger partial charge in [-0.05, 0) is 61.2 Å². The molecular formula is C28H30N4O4. The molecule has 2 aromatic carbocycles. The summed E-state index contributed by atoms with van der Waals surface area (Å²) in [6.07, 6.45) is 2.64. The molecule has 0 spiro atoms. The number of anilines is 1. The van der Waals surface area contributed by atoms with Gasteiger partial charge >= 0.3 is 0 Å². The normalized spacial score (nSPS) is 16.7. The fourth-order valence-electron chi connectivity index (χ4n) is 5.15. The van der Waals surface area contributed by atoms with Gasteiger partial charge in [-0.1, -0.05) is 12.1 Å². The molecule has 2 aliphatic heterocycles. The van der Waals surface area contributed by atoms with Gasteiger partial charge in [0.15, 0.2) is 11.5 Å². The van der Waals surface area contributed by atoms with Crippen LogP contribution < -0.4 is 19.9 Å². The predicted octanol–water partition coefficient (Wildman–Crippen LogP) is 3.80. The van der Waals surface area contributed by atoms with E-state index in [-0.39, 0.29) is 17.5 Å². The molecule has 0 radical (unpaired) electrons. The standard InChI is InChI=1S/C28H30N4O4/c1-16-10-20-11-26(35-4)27(36-5)12-22(20)23(14-32(16)18(3)33)19-6-8-21(9-7-19)31-13-24-25(15-31)29-17(2)30-28(24)34/h6-9,11-12,14,16H,10,13,15H2,1-5H3,(H,29,30,34). The largest absolute Gasteiger partial charge is 0.493 e. The van der Waals surface area contributed by atoms with Crippen LogP contribution in [0, 0.1) is 6.92 Å². The number of nitrogens with zero attached hydrogens (tertiary/aromatic N) is 3. The van der Waals surface area contributed by atoms with E-state index in [1.54, 1.807) is 33.0 Å². The monoisotopic (exact) mass is 486 g/mol. The Morgan fingerprint density at radius 2 is 1.78 bits per heavy atom. The van der Waals surface area contributed by atoms with Crippen molar-refractivity contribution in [1.82, 2.24) is 14.9 Å². The summed E-state index contributed by atoms with van der Waals surface area (Å²) in [5.41, 5.74) is 6.51. The molecule has 1 atom stereocenters. The first kappa shape index (κ1) is 23.7. The molecule has 5 rings (SSSR count). The second-order valence-electron chi connectivity index (χ2n) is 9.37. The molecule has 186 valence electrons. The van der Waals surface area contributed by atoms with Gasteiger partial charge in [-0.2, -0.15) is 0 Å². The zero-order valence-corrected chi connectivity index (χ0v) is 21.2. The highest BCUT2D eigenvalue weighted by Gasteiger charge is 2.27. The highest BCUT2D eigenvalue weighted by molar-refractivity contribution is 5.87. The summed E-state index contributed by atoms with van der Waals surface area (Å²) in [4.78, 5) is 36.1. The second kappa shape index (κ2) is 9.18. The number of hydrogen-bond donors (Lipinski definition) is 1. The summed E-state index contributed by atoms with van der Waals surface area (Å²) in [6.45, 7) is 6.56. The summed E-state index contributed by atoms with van der Waals surface area (Å²) in [5, 5.41) is 0. The molecule has 1 amide bonds. The van der Waals surface area contributed by atoms with Gasteiger partial charge in [0.05, 0.1) is 38.6 Å². The van der Waals surface area contributed by atoms with Crippen molar-refractivity contribution < 1.29 is 14.3 Å². The lowest BCUT2D eigenvalue weighted by Crippen LogP contribution is -2.33. The molecule has 8 nitrogen and oxygen atoms in total. The van der Waals surface area contributed by atoms with E-state index in [4.69, 9.17) is 9.47 Å². The lowest BCUT2D eigenvalue weighted by atomic mass is 9.92. The molecule has 0 aliphatic carbocycles. The van der Waals surface area contributed by atoms with E-state index in [0.717, 1.165) is 39.2 Å². The third kappa shape index (κ3) is 4.12. The Balaban J connectivity index is 1.54. The lowest BCUT2D eigenvalue weighted by molar-refractivity contribution is -0.127. The Hall–Kier alpha value is -4.07. The number of carbonyl (C=O) groups excluding carboxylic acids is 1. The van der Waals surface area contributed by atoms with E-state index < -0.39 is 0 Å². The van der Waals surface area contributed by atoms with Crippen molar-refractivity contribution in [2.75, 3.05) is 19.1 Å². The van der Waals surface area contributed by atoms with Gasteiger partial charge in [0, 0.05) is 30.4 Å². The summed E-state index contributed by atoms with van der Waals surface area (Å²) in [7, 11) is 3.25. The Morgan fingerprint density at radius 3 is 2.44 bits per heavy atom. The van der Waals surface area contributed by atoms with Crippen molar-refractivity contribution in [3.8, 4) is 11.5 Å². The molecular weight excluding hydrogens is 456 g/mol. The maximum atomic E-state index is 12.5. The molecule has 2 aliphatic rings. The van der Waals surface area contributed by atoms with Crippen LogP contribution in [-0.2, 0) is 24.3 Å². The zero-order chi connectivity index (χ0) is 25.6. The van der Waals surface area contributed by atoms with Crippen molar-refractivity contribution in [1.29, 1.82) is 0 Å². The van der Waals surface area contributed by atoms with Gasteiger partial charge in [-0.15, -0.1) is 0 Å².